The van der Waals surface area contributed by atoms with Gasteiger partial charge in [0.05, 0.1) is 7.11 Å². The molecule has 1 aromatic heterocycles. The van der Waals surface area contributed by atoms with Crippen LogP contribution in [0.4, 0.5) is 23.0 Å². The Kier molecular flexibility index (Phi) is 5.36. The number of aromatic nitrogens is 2. The summed E-state index contributed by atoms with van der Waals surface area (Å²) in [5, 5.41) is 6.74. The van der Waals surface area contributed by atoms with E-state index < -0.39 is 0 Å². The molecule has 0 saturated heterocycles. The summed E-state index contributed by atoms with van der Waals surface area (Å²) in [7, 11) is 1.65. The average molecular weight is 327 g/mol. The number of hydrogen-bond acceptors (Lipinski definition) is 6. The highest BCUT2D eigenvalue weighted by molar-refractivity contribution is 5.77. The van der Waals surface area contributed by atoms with E-state index in [2.05, 4.69) is 20.6 Å². The zero-order valence-electron chi connectivity index (χ0n) is 14.1. The van der Waals surface area contributed by atoms with Crippen LogP contribution in [0.3, 0.4) is 0 Å². The third-order valence-electron chi connectivity index (χ3n) is 4.43. The maximum absolute atomic E-state index is 6.27. The molecule has 0 amide bonds. The van der Waals surface area contributed by atoms with Crippen LogP contribution in [0.25, 0.3) is 0 Å². The molecule has 2 aromatic rings. The van der Waals surface area contributed by atoms with Crippen LogP contribution in [0, 0.1) is 0 Å². The van der Waals surface area contributed by atoms with Crippen molar-refractivity contribution in [2.45, 2.75) is 44.6 Å². The molecule has 1 aliphatic rings. The Labute approximate surface area is 142 Å². The van der Waals surface area contributed by atoms with Gasteiger partial charge >= 0.3 is 0 Å². The fourth-order valence-electron chi connectivity index (χ4n) is 3.04. The first kappa shape index (κ1) is 16.4. The number of nitrogen functional groups attached to an aromatic ring is 1. The van der Waals surface area contributed by atoms with E-state index in [9.17, 15) is 0 Å². The summed E-state index contributed by atoms with van der Waals surface area (Å²) in [6.45, 7) is 0. The van der Waals surface area contributed by atoms with Crippen LogP contribution in [0.5, 0.6) is 5.75 Å². The minimum absolute atomic E-state index is 0.443. The van der Waals surface area contributed by atoms with Gasteiger partial charge in [0.25, 0.3) is 0 Å². The molecule has 3 rings (SSSR count). The summed E-state index contributed by atoms with van der Waals surface area (Å²) in [5.74, 6) is 2.14. The molecule has 1 heterocycles. The summed E-state index contributed by atoms with van der Waals surface area (Å²) in [4.78, 5) is 8.60. The standard InChI is InChI=1S/C18H25N5O/c1-24-15-10-8-14(9-11-15)23-18-16(19)17(20-12-21-18)22-13-6-4-2-3-5-7-13/h8-13H,2-7,19H2,1H3,(H2,20,21,22,23). The smallest absolute Gasteiger partial charge is 0.159 e. The minimum Gasteiger partial charge on any atom is -0.497 e. The third-order valence-corrected chi connectivity index (χ3v) is 4.43. The molecule has 1 saturated carbocycles. The van der Waals surface area contributed by atoms with Crippen LogP contribution < -0.4 is 21.1 Å². The number of rotatable bonds is 5. The van der Waals surface area contributed by atoms with E-state index in [4.69, 9.17) is 10.5 Å². The fourth-order valence-corrected chi connectivity index (χ4v) is 3.04. The first-order valence-corrected chi connectivity index (χ1v) is 8.54. The highest BCUT2D eigenvalue weighted by Gasteiger charge is 2.15. The summed E-state index contributed by atoms with van der Waals surface area (Å²) in [5.41, 5.74) is 7.73. The van der Waals surface area contributed by atoms with Gasteiger partial charge in [0, 0.05) is 11.7 Å². The fraction of sp³-hybridized carbons (Fsp3) is 0.444. The van der Waals surface area contributed by atoms with E-state index in [0.29, 0.717) is 23.4 Å². The molecular weight excluding hydrogens is 302 g/mol. The van der Waals surface area contributed by atoms with Gasteiger partial charge in [-0.2, -0.15) is 0 Å². The normalized spacial score (nSPS) is 15.5. The quantitative estimate of drug-likeness (QED) is 0.721. The van der Waals surface area contributed by atoms with Crippen LogP contribution in [-0.2, 0) is 0 Å². The lowest BCUT2D eigenvalue weighted by molar-refractivity contribution is 0.415. The predicted molar refractivity (Wildman–Crippen MR) is 97.8 cm³/mol. The molecule has 4 N–H and O–H groups in total. The second-order valence-corrected chi connectivity index (χ2v) is 6.17. The number of nitrogens with two attached hydrogens (primary N) is 1. The van der Waals surface area contributed by atoms with Gasteiger partial charge in [0.15, 0.2) is 11.6 Å². The Morgan fingerprint density at radius 2 is 1.67 bits per heavy atom. The van der Waals surface area contributed by atoms with Gasteiger partial charge in [0.2, 0.25) is 0 Å². The van der Waals surface area contributed by atoms with Crippen LogP contribution in [0.2, 0.25) is 0 Å². The highest BCUT2D eigenvalue weighted by atomic mass is 16.5. The molecule has 1 aromatic carbocycles. The zero-order valence-corrected chi connectivity index (χ0v) is 14.1. The van der Waals surface area contributed by atoms with Crippen molar-refractivity contribution < 1.29 is 4.74 Å². The molecule has 1 aliphatic carbocycles. The minimum atomic E-state index is 0.443. The number of hydrogen-bond donors (Lipinski definition) is 3. The monoisotopic (exact) mass is 327 g/mol. The number of anilines is 4. The number of nitrogens with one attached hydrogen (secondary N) is 2. The predicted octanol–water partition coefficient (Wildman–Crippen LogP) is 3.95. The highest BCUT2D eigenvalue weighted by Crippen LogP contribution is 2.29. The summed E-state index contributed by atoms with van der Waals surface area (Å²) in [6, 6.07) is 8.09. The second-order valence-electron chi connectivity index (χ2n) is 6.17. The van der Waals surface area contributed by atoms with Crippen LogP contribution in [0.1, 0.15) is 38.5 Å². The van der Waals surface area contributed by atoms with Crippen molar-refractivity contribution in [1.29, 1.82) is 0 Å². The maximum atomic E-state index is 6.27. The van der Waals surface area contributed by atoms with Crippen molar-refractivity contribution in [1.82, 2.24) is 9.97 Å². The molecule has 0 radical (unpaired) electrons. The van der Waals surface area contributed by atoms with E-state index >= 15 is 0 Å². The Morgan fingerprint density at radius 3 is 2.33 bits per heavy atom. The number of benzene rings is 1. The number of methoxy groups -OCH3 is 1. The molecule has 128 valence electrons. The van der Waals surface area contributed by atoms with E-state index in [-0.39, 0.29) is 0 Å². The first-order chi connectivity index (χ1) is 11.8. The number of ether oxygens (including phenoxy) is 1. The first-order valence-electron chi connectivity index (χ1n) is 8.54. The molecular formula is C18H25N5O. The summed E-state index contributed by atoms with van der Waals surface area (Å²) >= 11 is 0. The van der Waals surface area contributed by atoms with Crippen molar-refractivity contribution in [3.05, 3.63) is 30.6 Å². The van der Waals surface area contributed by atoms with Crippen LogP contribution in [0.15, 0.2) is 30.6 Å². The topological polar surface area (TPSA) is 85.1 Å². The van der Waals surface area contributed by atoms with Crippen LogP contribution in [-0.4, -0.2) is 23.1 Å². The zero-order chi connectivity index (χ0) is 16.8. The number of nitrogens with zero attached hydrogens (tertiary/aromatic N) is 2. The molecule has 0 aliphatic heterocycles. The van der Waals surface area contributed by atoms with Gasteiger partial charge in [-0.15, -0.1) is 0 Å². The van der Waals surface area contributed by atoms with Gasteiger partial charge in [0.1, 0.15) is 17.8 Å². The van der Waals surface area contributed by atoms with Gasteiger partial charge in [-0.3, -0.25) is 0 Å². The molecule has 1 fully saturated rings. The average Bonchev–Trinajstić information content (AvgIpc) is 2.88. The summed E-state index contributed by atoms with van der Waals surface area (Å²) < 4.78 is 5.17. The molecule has 6 heteroatoms. The van der Waals surface area contributed by atoms with Gasteiger partial charge in [-0.25, -0.2) is 9.97 Å². The lowest BCUT2D eigenvalue weighted by Crippen LogP contribution is -2.20. The summed E-state index contributed by atoms with van der Waals surface area (Å²) in [6.07, 6.45) is 9.05. The van der Waals surface area contributed by atoms with Crippen molar-refractivity contribution in [3.63, 3.8) is 0 Å². The van der Waals surface area contributed by atoms with Crippen molar-refractivity contribution in [3.8, 4) is 5.75 Å². The Morgan fingerprint density at radius 1 is 1.00 bits per heavy atom. The Bertz CT molecular complexity index is 651. The molecule has 0 unspecified atom stereocenters. The molecule has 0 atom stereocenters. The van der Waals surface area contributed by atoms with Gasteiger partial charge in [-0.1, -0.05) is 25.7 Å². The lowest BCUT2D eigenvalue weighted by atomic mass is 10.1. The molecule has 6 nitrogen and oxygen atoms in total. The van der Waals surface area contributed by atoms with Gasteiger partial charge in [-0.05, 0) is 37.1 Å². The van der Waals surface area contributed by atoms with Gasteiger partial charge < -0.3 is 21.1 Å². The molecule has 24 heavy (non-hydrogen) atoms. The van der Waals surface area contributed by atoms with E-state index in [1.807, 2.05) is 24.3 Å². The SMILES string of the molecule is COc1ccc(Nc2ncnc(NC3CCCCCC3)c2N)cc1. The van der Waals surface area contributed by atoms with E-state index in [0.717, 1.165) is 11.4 Å². The second kappa shape index (κ2) is 7.86. The van der Waals surface area contributed by atoms with Crippen LogP contribution >= 0.6 is 0 Å². The van der Waals surface area contributed by atoms with E-state index in [1.165, 1.54) is 38.5 Å². The molecule has 0 bridgehead atoms. The van der Waals surface area contributed by atoms with Crippen molar-refractivity contribution >= 4 is 23.0 Å². The van der Waals surface area contributed by atoms with Crippen molar-refractivity contribution in [2.75, 3.05) is 23.5 Å². The lowest BCUT2D eigenvalue weighted by Gasteiger charge is -2.19. The Hall–Kier alpha value is -2.50. The maximum Gasteiger partial charge on any atom is 0.159 e. The third kappa shape index (κ3) is 4.07. The Balaban J connectivity index is 1.72. The molecule has 0 spiro atoms. The van der Waals surface area contributed by atoms with Crippen molar-refractivity contribution in [2.24, 2.45) is 0 Å². The van der Waals surface area contributed by atoms with E-state index in [1.54, 1.807) is 13.4 Å². The largest absolute Gasteiger partial charge is 0.497 e.